The van der Waals surface area contributed by atoms with Gasteiger partial charge in [0.15, 0.2) is 11.5 Å². The van der Waals surface area contributed by atoms with Crippen LogP contribution in [-0.2, 0) is 0 Å². The highest BCUT2D eigenvalue weighted by Gasteiger charge is 2.13. The van der Waals surface area contributed by atoms with Gasteiger partial charge in [-0.2, -0.15) is 5.10 Å². The topological polar surface area (TPSA) is 139 Å². The van der Waals surface area contributed by atoms with E-state index in [0.717, 1.165) is 0 Å². The van der Waals surface area contributed by atoms with Crippen LogP contribution >= 0.6 is 0 Å². The van der Waals surface area contributed by atoms with Gasteiger partial charge in [-0.25, -0.2) is 24.3 Å². The molecule has 0 fully saturated rings. The first kappa shape index (κ1) is 11.9. The third-order valence-corrected chi connectivity index (χ3v) is 2.78. The van der Waals surface area contributed by atoms with Gasteiger partial charge in [-0.05, 0) is 6.92 Å². The molecule has 0 aliphatic rings. The largest absolute Gasteiger partial charge is 0.409 e. The molecule has 0 radical (unpaired) electrons. The zero-order valence-corrected chi connectivity index (χ0v) is 10.3. The molecular formula is C10H10N8O2. The molecule has 0 aromatic carbocycles. The van der Waals surface area contributed by atoms with E-state index in [1.807, 2.05) is 0 Å². The van der Waals surface area contributed by atoms with Gasteiger partial charge in [-0.1, -0.05) is 5.16 Å². The molecule has 20 heavy (non-hydrogen) atoms. The molecule has 0 atom stereocenters. The maximum Gasteiger partial charge on any atom is 0.349 e. The van der Waals surface area contributed by atoms with Crippen LogP contribution in [-0.4, -0.2) is 40.2 Å². The summed E-state index contributed by atoms with van der Waals surface area (Å²) in [4.78, 5) is 19.8. The van der Waals surface area contributed by atoms with Crippen LogP contribution < -0.4 is 11.4 Å². The standard InChI is InChI=1S/C10H10N8O2/c1-5-13-6(4-7-14-15-10(19)18(5)7)17-3-2-12-9(17)8(11)16-20/h2-4,20H,1H3,(H2,11,16)(H,15,19). The summed E-state index contributed by atoms with van der Waals surface area (Å²) in [6, 6.07) is 1.58. The van der Waals surface area contributed by atoms with Crippen molar-refractivity contribution in [1.82, 2.24) is 29.1 Å². The molecule has 10 heteroatoms. The Morgan fingerprint density at radius 3 is 3.10 bits per heavy atom. The van der Waals surface area contributed by atoms with Crippen LogP contribution in [0.3, 0.4) is 0 Å². The molecule has 0 aliphatic carbocycles. The van der Waals surface area contributed by atoms with E-state index in [2.05, 4.69) is 25.3 Å². The van der Waals surface area contributed by atoms with Crippen LogP contribution in [0.5, 0.6) is 0 Å². The second-order valence-corrected chi connectivity index (χ2v) is 3.99. The van der Waals surface area contributed by atoms with Crippen molar-refractivity contribution in [2.24, 2.45) is 10.9 Å². The van der Waals surface area contributed by atoms with Crippen LogP contribution in [0.15, 0.2) is 28.4 Å². The summed E-state index contributed by atoms with van der Waals surface area (Å²) in [6.45, 7) is 1.67. The number of hydrogen-bond donors (Lipinski definition) is 3. The number of H-pyrrole nitrogens is 1. The predicted octanol–water partition coefficient (Wildman–Crippen LogP) is -0.994. The number of oxime groups is 1. The highest BCUT2D eigenvalue weighted by atomic mass is 16.4. The number of nitrogens with two attached hydrogens (primary N) is 1. The maximum atomic E-state index is 11.5. The Morgan fingerprint density at radius 1 is 1.55 bits per heavy atom. The number of amidine groups is 1. The number of aromatic nitrogens is 6. The first-order valence-corrected chi connectivity index (χ1v) is 5.58. The monoisotopic (exact) mass is 274 g/mol. The number of aryl methyl sites for hydroxylation is 1. The fourth-order valence-electron chi connectivity index (χ4n) is 1.93. The van der Waals surface area contributed by atoms with Crippen molar-refractivity contribution < 1.29 is 5.21 Å². The lowest BCUT2D eigenvalue weighted by Gasteiger charge is -2.07. The molecule has 10 nitrogen and oxygen atoms in total. The number of nitrogens with one attached hydrogen (secondary N) is 1. The van der Waals surface area contributed by atoms with Crippen molar-refractivity contribution in [1.29, 1.82) is 0 Å². The quantitative estimate of drug-likeness (QED) is 0.237. The summed E-state index contributed by atoms with van der Waals surface area (Å²) in [6.07, 6.45) is 3.10. The summed E-state index contributed by atoms with van der Waals surface area (Å²) in [7, 11) is 0. The molecular weight excluding hydrogens is 264 g/mol. The Hall–Kier alpha value is -3.17. The van der Waals surface area contributed by atoms with E-state index in [1.54, 1.807) is 19.2 Å². The Morgan fingerprint density at radius 2 is 2.35 bits per heavy atom. The number of aromatic amines is 1. The van der Waals surface area contributed by atoms with Crippen molar-refractivity contribution in [2.45, 2.75) is 6.92 Å². The molecule has 4 N–H and O–H groups in total. The van der Waals surface area contributed by atoms with Gasteiger partial charge in [0.05, 0.1) is 0 Å². The molecule has 3 aromatic rings. The zero-order chi connectivity index (χ0) is 14.3. The zero-order valence-electron chi connectivity index (χ0n) is 10.3. The van der Waals surface area contributed by atoms with E-state index >= 15 is 0 Å². The van der Waals surface area contributed by atoms with E-state index in [-0.39, 0.29) is 17.3 Å². The van der Waals surface area contributed by atoms with Crippen molar-refractivity contribution in [3.63, 3.8) is 0 Å². The summed E-state index contributed by atoms with van der Waals surface area (Å²) < 4.78 is 2.87. The van der Waals surface area contributed by atoms with Crippen LogP contribution in [0, 0.1) is 6.92 Å². The van der Waals surface area contributed by atoms with Crippen LogP contribution in [0.1, 0.15) is 11.6 Å². The second kappa shape index (κ2) is 4.19. The minimum absolute atomic E-state index is 0.145. The molecule has 0 amide bonds. The van der Waals surface area contributed by atoms with Crippen LogP contribution in [0.2, 0.25) is 0 Å². The lowest BCUT2D eigenvalue weighted by Crippen LogP contribution is -2.20. The van der Waals surface area contributed by atoms with E-state index in [1.165, 1.54) is 15.2 Å². The highest BCUT2D eigenvalue weighted by molar-refractivity contribution is 5.94. The van der Waals surface area contributed by atoms with Gasteiger partial charge in [0, 0.05) is 18.5 Å². The SMILES string of the molecule is Cc1nc(-n2ccnc2/C(N)=N/O)cc2n[nH]c(=O)n12. The average molecular weight is 274 g/mol. The summed E-state index contributed by atoms with van der Waals surface area (Å²) in [5.74, 6) is 0.999. The molecule has 0 aliphatic heterocycles. The molecule has 0 bridgehead atoms. The number of fused-ring (bicyclic) bond motifs is 1. The molecule has 3 aromatic heterocycles. The van der Waals surface area contributed by atoms with E-state index in [0.29, 0.717) is 17.3 Å². The third kappa shape index (κ3) is 1.62. The van der Waals surface area contributed by atoms with Gasteiger partial charge in [-0.15, -0.1) is 0 Å². The molecule has 0 unspecified atom stereocenters. The first-order valence-electron chi connectivity index (χ1n) is 5.58. The molecule has 3 heterocycles. The summed E-state index contributed by atoms with van der Waals surface area (Å²) in [5.41, 5.74) is 5.59. The van der Waals surface area contributed by atoms with Gasteiger partial charge in [-0.3, -0.25) is 4.57 Å². The van der Waals surface area contributed by atoms with Crippen molar-refractivity contribution in [3.05, 3.63) is 40.6 Å². The maximum absolute atomic E-state index is 11.5. The highest BCUT2D eigenvalue weighted by Crippen LogP contribution is 2.10. The fraction of sp³-hybridized carbons (Fsp3) is 0.100. The van der Waals surface area contributed by atoms with Crippen molar-refractivity contribution in [2.75, 3.05) is 0 Å². The predicted molar refractivity (Wildman–Crippen MR) is 68.0 cm³/mol. The Balaban J connectivity index is 2.26. The van der Waals surface area contributed by atoms with Gasteiger partial charge in [0.1, 0.15) is 11.6 Å². The summed E-state index contributed by atoms with van der Waals surface area (Å²) in [5, 5.41) is 17.9. The van der Waals surface area contributed by atoms with Gasteiger partial charge in [0.25, 0.3) is 0 Å². The van der Waals surface area contributed by atoms with E-state index < -0.39 is 0 Å². The third-order valence-electron chi connectivity index (χ3n) is 2.78. The van der Waals surface area contributed by atoms with E-state index in [9.17, 15) is 4.79 Å². The lowest BCUT2D eigenvalue weighted by molar-refractivity contribution is 0.318. The van der Waals surface area contributed by atoms with Gasteiger partial charge >= 0.3 is 5.69 Å². The van der Waals surface area contributed by atoms with Crippen molar-refractivity contribution in [3.8, 4) is 5.82 Å². The van der Waals surface area contributed by atoms with E-state index in [4.69, 9.17) is 10.9 Å². The molecule has 3 rings (SSSR count). The smallest absolute Gasteiger partial charge is 0.349 e. The molecule has 0 spiro atoms. The number of nitrogens with zero attached hydrogens (tertiary/aromatic N) is 6. The number of hydrogen-bond acceptors (Lipinski definition) is 6. The molecule has 0 saturated heterocycles. The van der Waals surface area contributed by atoms with Gasteiger partial charge in [0.2, 0.25) is 5.84 Å². The summed E-state index contributed by atoms with van der Waals surface area (Å²) >= 11 is 0. The second-order valence-electron chi connectivity index (χ2n) is 3.99. The fourth-order valence-corrected chi connectivity index (χ4v) is 1.93. The Labute approximate surface area is 111 Å². The minimum Gasteiger partial charge on any atom is -0.409 e. The normalized spacial score (nSPS) is 12.2. The molecule has 0 saturated carbocycles. The van der Waals surface area contributed by atoms with Crippen LogP contribution in [0.4, 0.5) is 0 Å². The Bertz CT molecular complexity index is 871. The number of rotatable bonds is 2. The number of imidazole rings is 1. The first-order chi connectivity index (χ1) is 9.61. The average Bonchev–Trinajstić information content (AvgIpc) is 3.05. The van der Waals surface area contributed by atoms with Crippen LogP contribution in [0.25, 0.3) is 11.5 Å². The van der Waals surface area contributed by atoms with Crippen molar-refractivity contribution >= 4 is 11.5 Å². The van der Waals surface area contributed by atoms with Gasteiger partial charge < -0.3 is 10.9 Å². The Kier molecular flexibility index (Phi) is 2.49. The lowest BCUT2D eigenvalue weighted by atomic mass is 10.4. The molecule has 102 valence electrons. The minimum atomic E-state index is -0.362.